The van der Waals surface area contributed by atoms with E-state index in [-0.39, 0.29) is 17.2 Å². The summed E-state index contributed by atoms with van der Waals surface area (Å²) in [7, 11) is 0. The number of nitrogens with one attached hydrogen (secondary N) is 2. The summed E-state index contributed by atoms with van der Waals surface area (Å²) >= 11 is 6.03. The average Bonchev–Trinajstić information content (AvgIpc) is 2.76. The van der Waals surface area contributed by atoms with Crippen molar-refractivity contribution in [2.75, 3.05) is 10.6 Å². The van der Waals surface area contributed by atoms with Crippen molar-refractivity contribution in [3.8, 4) is 5.75 Å². The zero-order valence-corrected chi connectivity index (χ0v) is 17.1. The van der Waals surface area contributed by atoms with E-state index in [2.05, 4.69) is 10.6 Å². The zero-order chi connectivity index (χ0) is 22.4. The predicted molar refractivity (Wildman–Crippen MR) is 118 cm³/mol. The fourth-order valence-electron chi connectivity index (χ4n) is 2.69. The molecule has 0 radical (unpaired) electrons. The Morgan fingerprint density at radius 2 is 1.52 bits per heavy atom. The molecular formula is C22H18ClN3O5. The quantitative estimate of drug-likeness (QED) is 0.401. The first-order chi connectivity index (χ1) is 14.8. The molecule has 0 saturated heterocycles. The Labute approximate surface area is 182 Å². The maximum Gasteiger partial charge on any atom is 0.282 e. The second-order valence-corrected chi connectivity index (χ2v) is 6.89. The van der Waals surface area contributed by atoms with E-state index >= 15 is 0 Å². The first kappa shape index (κ1) is 21.8. The van der Waals surface area contributed by atoms with Crippen LogP contribution in [0.1, 0.15) is 17.3 Å². The van der Waals surface area contributed by atoms with E-state index in [0.717, 1.165) is 0 Å². The lowest BCUT2D eigenvalue weighted by Gasteiger charge is -2.15. The number of halogens is 1. The van der Waals surface area contributed by atoms with Crippen molar-refractivity contribution >= 4 is 40.5 Å². The number of hydrogen-bond donors (Lipinski definition) is 2. The van der Waals surface area contributed by atoms with Crippen molar-refractivity contribution in [1.82, 2.24) is 0 Å². The van der Waals surface area contributed by atoms with Crippen LogP contribution in [0.15, 0.2) is 72.8 Å². The molecule has 0 aromatic heterocycles. The third-order valence-electron chi connectivity index (χ3n) is 4.27. The molecule has 2 N–H and O–H groups in total. The molecule has 3 rings (SSSR count). The molecular weight excluding hydrogens is 422 g/mol. The molecule has 1 atom stereocenters. The number of amides is 2. The highest BCUT2D eigenvalue weighted by Crippen LogP contribution is 2.25. The van der Waals surface area contributed by atoms with E-state index in [0.29, 0.717) is 22.1 Å². The SMILES string of the molecule is CC(Oc1ccccc1Cl)C(=O)Nc1ccc(NC(=O)c2ccccc2[N+](=O)[O-])cc1. The average molecular weight is 440 g/mol. The number of nitrogens with zero attached hydrogens (tertiary/aromatic N) is 1. The van der Waals surface area contributed by atoms with Gasteiger partial charge >= 0.3 is 0 Å². The van der Waals surface area contributed by atoms with Crippen molar-refractivity contribution in [1.29, 1.82) is 0 Å². The predicted octanol–water partition coefficient (Wildman–Crippen LogP) is 4.91. The van der Waals surface area contributed by atoms with Crippen molar-refractivity contribution < 1.29 is 19.2 Å². The van der Waals surface area contributed by atoms with Crippen LogP contribution in [-0.2, 0) is 4.79 Å². The number of carbonyl (C=O) groups is 2. The first-order valence-corrected chi connectivity index (χ1v) is 9.60. The standard InChI is InChI=1S/C22H18ClN3O5/c1-14(31-20-9-5-3-7-18(20)23)21(27)24-15-10-12-16(13-11-15)25-22(28)17-6-2-4-8-19(17)26(29)30/h2-14H,1H3,(H,24,27)(H,25,28). The van der Waals surface area contributed by atoms with Gasteiger partial charge in [0.25, 0.3) is 17.5 Å². The second kappa shape index (κ2) is 9.73. The summed E-state index contributed by atoms with van der Waals surface area (Å²) in [6, 6.07) is 18.9. The van der Waals surface area contributed by atoms with E-state index in [9.17, 15) is 19.7 Å². The van der Waals surface area contributed by atoms with E-state index in [1.54, 1.807) is 61.5 Å². The van der Waals surface area contributed by atoms with Crippen LogP contribution in [0, 0.1) is 10.1 Å². The minimum Gasteiger partial charge on any atom is -0.479 e. The lowest BCUT2D eigenvalue weighted by molar-refractivity contribution is -0.385. The molecule has 3 aromatic rings. The fourth-order valence-corrected chi connectivity index (χ4v) is 2.87. The first-order valence-electron chi connectivity index (χ1n) is 9.22. The van der Waals surface area contributed by atoms with E-state index in [1.165, 1.54) is 18.2 Å². The summed E-state index contributed by atoms with van der Waals surface area (Å²) in [4.78, 5) is 35.2. The number of anilines is 2. The summed E-state index contributed by atoms with van der Waals surface area (Å²) in [5.41, 5.74) is 0.580. The van der Waals surface area contributed by atoms with Crippen molar-refractivity contribution in [3.05, 3.63) is 93.5 Å². The topological polar surface area (TPSA) is 111 Å². The van der Waals surface area contributed by atoms with Crippen LogP contribution in [-0.4, -0.2) is 22.8 Å². The summed E-state index contributed by atoms with van der Waals surface area (Å²) in [6.07, 6.45) is -0.794. The maximum atomic E-state index is 12.4. The lowest BCUT2D eigenvalue weighted by atomic mass is 10.1. The Balaban J connectivity index is 1.61. The van der Waals surface area contributed by atoms with Crippen LogP contribution in [0.5, 0.6) is 5.75 Å². The van der Waals surface area contributed by atoms with Crippen LogP contribution in [0.25, 0.3) is 0 Å². The molecule has 0 spiro atoms. The van der Waals surface area contributed by atoms with Gasteiger partial charge in [-0.25, -0.2) is 0 Å². The fraction of sp³-hybridized carbons (Fsp3) is 0.0909. The highest BCUT2D eigenvalue weighted by Gasteiger charge is 2.19. The third-order valence-corrected chi connectivity index (χ3v) is 4.58. The number of para-hydroxylation sites is 2. The minimum atomic E-state index is -0.794. The van der Waals surface area contributed by atoms with Crippen LogP contribution in [0.4, 0.5) is 17.1 Å². The number of ether oxygens (including phenoxy) is 1. The summed E-state index contributed by atoms with van der Waals surface area (Å²) in [6.45, 7) is 1.60. The van der Waals surface area contributed by atoms with Gasteiger partial charge in [-0.15, -0.1) is 0 Å². The molecule has 158 valence electrons. The minimum absolute atomic E-state index is 0.0459. The molecule has 0 aliphatic carbocycles. The van der Waals surface area contributed by atoms with Gasteiger partial charge in [0.15, 0.2) is 6.10 Å². The maximum absolute atomic E-state index is 12.4. The number of carbonyl (C=O) groups excluding carboxylic acids is 2. The van der Waals surface area contributed by atoms with Gasteiger partial charge in [0.1, 0.15) is 11.3 Å². The van der Waals surface area contributed by atoms with Crippen LogP contribution >= 0.6 is 11.6 Å². The summed E-state index contributed by atoms with van der Waals surface area (Å²) in [5.74, 6) is -0.581. The molecule has 0 bridgehead atoms. The second-order valence-electron chi connectivity index (χ2n) is 6.49. The number of rotatable bonds is 7. The van der Waals surface area contributed by atoms with Crippen molar-refractivity contribution in [3.63, 3.8) is 0 Å². The van der Waals surface area contributed by atoms with E-state index < -0.39 is 16.9 Å². The highest BCUT2D eigenvalue weighted by molar-refractivity contribution is 6.32. The largest absolute Gasteiger partial charge is 0.479 e. The number of nitro benzene ring substituents is 1. The van der Waals surface area contributed by atoms with Gasteiger partial charge in [-0.05, 0) is 49.4 Å². The molecule has 1 unspecified atom stereocenters. The number of benzene rings is 3. The van der Waals surface area contributed by atoms with Gasteiger partial charge in [-0.3, -0.25) is 19.7 Å². The van der Waals surface area contributed by atoms with Crippen LogP contribution in [0.3, 0.4) is 0 Å². The van der Waals surface area contributed by atoms with Gasteiger partial charge in [-0.2, -0.15) is 0 Å². The molecule has 0 heterocycles. The van der Waals surface area contributed by atoms with E-state index in [1.807, 2.05) is 0 Å². The highest BCUT2D eigenvalue weighted by atomic mass is 35.5. The van der Waals surface area contributed by atoms with Gasteiger partial charge in [0.2, 0.25) is 0 Å². The van der Waals surface area contributed by atoms with E-state index in [4.69, 9.17) is 16.3 Å². The Kier molecular flexibility index (Phi) is 6.84. The molecule has 9 heteroatoms. The normalized spacial score (nSPS) is 11.3. The van der Waals surface area contributed by atoms with Gasteiger partial charge in [0, 0.05) is 17.4 Å². The van der Waals surface area contributed by atoms with Gasteiger partial charge in [-0.1, -0.05) is 35.9 Å². The number of nitro groups is 1. The number of hydrogen-bond acceptors (Lipinski definition) is 5. The molecule has 0 saturated carbocycles. The molecule has 0 aliphatic rings. The molecule has 3 aromatic carbocycles. The van der Waals surface area contributed by atoms with Gasteiger partial charge in [0.05, 0.1) is 9.95 Å². The van der Waals surface area contributed by atoms with Crippen LogP contribution < -0.4 is 15.4 Å². The van der Waals surface area contributed by atoms with Crippen molar-refractivity contribution in [2.24, 2.45) is 0 Å². The third kappa shape index (κ3) is 5.58. The Morgan fingerprint density at radius 3 is 2.16 bits per heavy atom. The van der Waals surface area contributed by atoms with Gasteiger partial charge < -0.3 is 15.4 Å². The molecule has 0 aliphatic heterocycles. The molecule has 2 amide bonds. The molecule has 8 nitrogen and oxygen atoms in total. The Hall–Kier alpha value is -3.91. The monoisotopic (exact) mass is 439 g/mol. The van der Waals surface area contributed by atoms with Crippen molar-refractivity contribution in [2.45, 2.75) is 13.0 Å². The van der Waals surface area contributed by atoms with Crippen LogP contribution in [0.2, 0.25) is 5.02 Å². The lowest BCUT2D eigenvalue weighted by Crippen LogP contribution is -2.30. The molecule has 31 heavy (non-hydrogen) atoms. The molecule has 0 fully saturated rings. The zero-order valence-electron chi connectivity index (χ0n) is 16.4. The Morgan fingerprint density at radius 1 is 0.935 bits per heavy atom. The summed E-state index contributed by atoms with van der Waals surface area (Å²) in [5, 5.41) is 16.8. The summed E-state index contributed by atoms with van der Waals surface area (Å²) < 4.78 is 5.58. The smallest absolute Gasteiger partial charge is 0.282 e. The Bertz CT molecular complexity index is 1120.